The second-order valence-corrected chi connectivity index (χ2v) is 3.39. The number of rotatable bonds is 2. The monoisotopic (exact) mass is 158 g/mol. The van der Waals surface area contributed by atoms with Crippen molar-refractivity contribution in [3.8, 4) is 0 Å². The fourth-order valence-corrected chi connectivity index (χ4v) is 1.76. The quantitative estimate of drug-likeness (QED) is 0.618. The Morgan fingerprint density at radius 1 is 1.70 bits per heavy atom. The van der Waals surface area contributed by atoms with Gasteiger partial charge in [-0.15, -0.1) is 11.3 Å². The summed E-state index contributed by atoms with van der Waals surface area (Å²) in [5, 5.41) is 1.80. The second kappa shape index (κ2) is 3.15. The van der Waals surface area contributed by atoms with Gasteiger partial charge in [0.15, 0.2) is 0 Å². The van der Waals surface area contributed by atoms with Gasteiger partial charge in [-0.1, -0.05) is 13.8 Å². The van der Waals surface area contributed by atoms with Crippen LogP contribution in [0.2, 0.25) is 0 Å². The molecule has 56 valence electrons. The average molecular weight is 158 g/mol. The fourth-order valence-electron chi connectivity index (χ4n) is 0.842. The molecule has 0 fully saturated rings. The molecule has 0 nitrogen and oxygen atoms in total. The fraction of sp³-hybridized carbons (Fsp3) is 0.500. The highest BCUT2D eigenvalue weighted by atomic mass is 32.1. The Morgan fingerprint density at radius 2 is 2.40 bits per heavy atom. The van der Waals surface area contributed by atoms with Crippen molar-refractivity contribution in [3.63, 3.8) is 0 Å². The molecule has 1 rings (SSSR count). The van der Waals surface area contributed by atoms with Crippen molar-refractivity contribution in [2.24, 2.45) is 0 Å². The van der Waals surface area contributed by atoms with Gasteiger partial charge in [-0.2, -0.15) is 0 Å². The first-order chi connectivity index (χ1) is 4.75. The van der Waals surface area contributed by atoms with Crippen LogP contribution < -0.4 is 0 Å². The number of hydrogen-bond acceptors (Lipinski definition) is 1. The summed E-state index contributed by atoms with van der Waals surface area (Å²) in [6.07, 6.45) is 1.01. The lowest BCUT2D eigenvalue weighted by Crippen LogP contribution is -1.88. The second-order valence-electron chi connectivity index (χ2n) is 2.44. The summed E-state index contributed by atoms with van der Waals surface area (Å²) in [4.78, 5) is 0.891. The van der Waals surface area contributed by atoms with E-state index in [1.165, 1.54) is 17.4 Å². The lowest BCUT2D eigenvalue weighted by atomic mass is 10.1. The molecular weight excluding hydrogens is 147 g/mol. The first-order valence-corrected chi connectivity index (χ1v) is 4.36. The molecule has 0 bridgehead atoms. The molecule has 1 aromatic heterocycles. The van der Waals surface area contributed by atoms with Crippen molar-refractivity contribution < 1.29 is 4.39 Å². The molecule has 10 heavy (non-hydrogen) atoms. The summed E-state index contributed by atoms with van der Waals surface area (Å²) in [6.45, 7) is 4.12. The Labute approximate surface area is 64.7 Å². The maximum atomic E-state index is 12.8. The topological polar surface area (TPSA) is 0 Å². The van der Waals surface area contributed by atoms with E-state index < -0.39 is 0 Å². The van der Waals surface area contributed by atoms with Gasteiger partial charge in [-0.25, -0.2) is 4.39 Å². The van der Waals surface area contributed by atoms with E-state index in [9.17, 15) is 4.39 Å². The van der Waals surface area contributed by atoms with Gasteiger partial charge in [0, 0.05) is 4.88 Å². The van der Waals surface area contributed by atoms with Crippen LogP contribution in [0.25, 0.3) is 0 Å². The lowest BCUT2D eigenvalue weighted by molar-refractivity contribution is 0.595. The van der Waals surface area contributed by atoms with Gasteiger partial charge in [-0.05, 0) is 23.8 Å². The zero-order valence-corrected chi connectivity index (χ0v) is 7.04. The third kappa shape index (κ3) is 1.37. The molecule has 0 aliphatic carbocycles. The van der Waals surface area contributed by atoms with E-state index in [1.807, 2.05) is 0 Å². The van der Waals surface area contributed by atoms with Crippen molar-refractivity contribution in [2.75, 3.05) is 0 Å². The molecule has 1 unspecified atom stereocenters. The van der Waals surface area contributed by atoms with Crippen LogP contribution in [0.15, 0.2) is 11.4 Å². The number of halogens is 1. The van der Waals surface area contributed by atoms with E-state index in [2.05, 4.69) is 13.8 Å². The molecule has 0 N–H and O–H groups in total. The van der Waals surface area contributed by atoms with E-state index in [1.54, 1.807) is 5.38 Å². The number of hydrogen-bond donors (Lipinski definition) is 0. The molecule has 0 saturated heterocycles. The van der Waals surface area contributed by atoms with Crippen molar-refractivity contribution in [3.05, 3.63) is 22.1 Å². The van der Waals surface area contributed by atoms with Gasteiger partial charge < -0.3 is 0 Å². The van der Waals surface area contributed by atoms with Gasteiger partial charge in [-0.3, -0.25) is 0 Å². The van der Waals surface area contributed by atoms with Crippen LogP contribution in [0.1, 0.15) is 31.1 Å². The Hall–Kier alpha value is -0.370. The minimum Gasteiger partial charge on any atom is -0.206 e. The van der Waals surface area contributed by atoms with Crippen LogP contribution in [0.4, 0.5) is 4.39 Å². The van der Waals surface area contributed by atoms with Crippen molar-refractivity contribution in [1.82, 2.24) is 0 Å². The van der Waals surface area contributed by atoms with Crippen molar-refractivity contribution >= 4 is 11.3 Å². The molecule has 2 heteroatoms. The molecule has 0 amide bonds. The highest BCUT2D eigenvalue weighted by Gasteiger charge is 2.09. The summed E-state index contributed by atoms with van der Waals surface area (Å²) in [5.41, 5.74) is 0. The third-order valence-electron chi connectivity index (χ3n) is 1.70. The molecule has 0 aromatic carbocycles. The Bertz CT molecular complexity index is 205. The van der Waals surface area contributed by atoms with Crippen LogP contribution in [0.3, 0.4) is 0 Å². The van der Waals surface area contributed by atoms with E-state index in [-0.39, 0.29) is 5.82 Å². The largest absolute Gasteiger partial charge is 0.206 e. The van der Waals surface area contributed by atoms with Gasteiger partial charge in [0.1, 0.15) is 5.82 Å². The minimum atomic E-state index is -0.0423. The van der Waals surface area contributed by atoms with Crippen LogP contribution in [-0.2, 0) is 0 Å². The average Bonchev–Trinajstić information content (AvgIpc) is 2.34. The summed E-state index contributed by atoms with van der Waals surface area (Å²) < 4.78 is 12.8. The predicted octanol–water partition coefficient (Wildman–Crippen LogP) is 3.40. The predicted molar refractivity (Wildman–Crippen MR) is 43.0 cm³/mol. The van der Waals surface area contributed by atoms with E-state index >= 15 is 0 Å². The van der Waals surface area contributed by atoms with E-state index in [0.717, 1.165) is 11.3 Å². The molecule has 1 heterocycles. The normalized spacial score (nSPS) is 13.5. The molecular formula is C8H11FS. The van der Waals surface area contributed by atoms with Gasteiger partial charge in [0.25, 0.3) is 0 Å². The molecule has 0 radical (unpaired) electrons. The Kier molecular flexibility index (Phi) is 2.44. The molecule has 0 aliphatic heterocycles. The van der Waals surface area contributed by atoms with Crippen molar-refractivity contribution in [2.45, 2.75) is 26.2 Å². The third-order valence-corrected chi connectivity index (χ3v) is 2.83. The molecule has 1 aromatic rings. The Balaban J connectivity index is 2.82. The zero-order chi connectivity index (χ0) is 7.56. The molecule has 0 spiro atoms. The number of thiophene rings is 1. The summed E-state index contributed by atoms with van der Waals surface area (Å²) in [6, 6.07) is 1.53. The maximum absolute atomic E-state index is 12.8. The van der Waals surface area contributed by atoms with Gasteiger partial charge >= 0.3 is 0 Å². The summed E-state index contributed by atoms with van der Waals surface area (Å²) in [7, 11) is 0. The first kappa shape index (κ1) is 7.73. The highest BCUT2D eigenvalue weighted by Crippen LogP contribution is 2.26. The van der Waals surface area contributed by atoms with Gasteiger partial charge in [0.05, 0.1) is 0 Å². The highest BCUT2D eigenvalue weighted by molar-refractivity contribution is 7.10. The molecule has 0 saturated carbocycles. The lowest BCUT2D eigenvalue weighted by Gasteiger charge is -2.03. The molecule has 0 aliphatic rings. The van der Waals surface area contributed by atoms with Crippen LogP contribution in [0.5, 0.6) is 0 Å². The maximum Gasteiger partial charge on any atom is 0.137 e. The van der Waals surface area contributed by atoms with Crippen LogP contribution >= 0.6 is 11.3 Å². The smallest absolute Gasteiger partial charge is 0.137 e. The Morgan fingerprint density at radius 3 is 2.80 bits per heavy atom. The first-order valence-electron chi connectivity index (χ1n) is 3.48. The van der Waals surface area contributed by atoms with Crippen molar-refractivity contribution in [1.29, 1.82) is 0 Å². The van der Waals surface area contributed by atoms with Gasteiger partial charge in [0.2, 0.25) is 0 Å². The minimum absolute atomic E-state index is 0.0423. The standard InChI is InChI=1S/C8H11FS/c1-3-6(2)8-7(9)4-5-10-8/h4-6H,3H2,1-2H3. The zero-order valence-electron chi connectivity index (χ0n) is 6.23. The molecule has 1 atom stereocenters. The SMILES string of the molecule is CCC(C)c1sccc1F. The van der Waals surface area contributed by atoms with E-state index in [0.29, 0.717) is 5.92 Å². The van der Waals surface area contributed by atoms with E-state index in [4.69, 9.17) is 0 Å². The summed E-state index contributed by atoms with van der Waals surface area (Å²) >= 11 is 1.51. The summed E-state index contributed by atoms with van der Waals surface area (Å²) in [5.74, 6) is 0.333. The van der Waals surface area contributed by atoms with Crippen LogP contribution in [-0.4, -0.2) is 0 Å². The van der Waals surface area contributed by atoms with Crippen LogP contribution in [0, 0.1) is 5.82 Å².